The molecule has 0 saturated carbocycles. The van der Waals surface area contributed by atoms with Crippen molar-refractivity contribution in [2.75, 3.05) is 0 Å². The monoisotopic (exact) mass is 318 g/mol. The number of halogens is 3. The molecular weight excluding hydrogens is 305 g/mol. The second-order valence-corrected chi connectivity index (χ2v) is 4.72. The van der Waals surface area contributed by atoms with Crippen molar-refractivity contribution in [1.82, 2.24) is 0 Å². The van der Waals surface area contributed by atoms with Gasteiger partial charge >= 0.3 is 12.1 Å². The lowest BCUT2D eigenvalue weighted by molar-refractivity contribution is 0.101. The summed E-state index contributed by atoms with van der Waals surface area (Å²) in [5.41, 5.74) is 2.33. The fourth-order valence-electron chi connectivity index (χ4n) is 1.81. The third-order valence-electron chi connectivity index (χ3n) is 3.02. The van der Waals surface area contributed by atoms with Gasteiger partial charge in [-0.05, 0) is 30.2 Å². The molecule has 118 valence electrons. The molecule has 0 spiro atoms. The van der Waals surface area contributed by atoms with Crippen LogP contribution in [0.2, 0.25) is 0 Å². The van der Waals surface area contributed by atoms with Crippen LogP contribution in [0.1, 0.15) is 28.4 Å². The first kappa shape index (κ1) is 16.5. The van der Waals surface area contributed by atoms with Crippen LogP contribution in [-0.2, 0) is 0 Å². The number of benzene rings is 2. The van der Waals surface area contributed by atoms with Crippen molar-refractivity contribution in [2.24, 2.45) is 0 Å². The lowest BCUT2D eigenvalue weighted by Crippen LogP contribution is -1.90. The van der Waals surface area contributed by atoms with Gasteiger partial charge in [-0.3, -0.25) is 4.79 Å². The predicted molar refractivity (Wildman–Crippen MR) is 82.8 cm³/mol. The average molecular weight is 318 g/mol. The summed E-state index contributed by atoms with van der Waals surface area (Å²) >= 11 is 0. The van der Waals surface area contributed by atoms with Crippen LogP contribution >= 0.6 is 0 Å². The summed E-state index contributed by atoms with van der Waals surface area (Å²) in [7, 11) is 0. The van der Waals surface area contributed by atoms with Crippen molar-refractivity contribution in [2.45, 2.75) is 6.92 Å². The summed E-state index contributed by atoms with van der Waals surface area (Å²) in [6, 6.07) is 11.2. The van der Waals surface area contributed by atoms with E-state index in [-0.39, 0.29) is 11.5 Å². The van der Waals surface area contributed by atoms with Crippen LogP contribution in [-0.4, -0.2) is 5.78 Å². The third-order valence-corrected chi connectivity index (χ3v) is 3.02. The van der Waals surface area contributed by atoms with Crippen LogP contribution in [0.4, 0.5) is 13.2 Å². The van der Waals surface area contributed by atoms with Crippen LogP contribution in [0.25, 0.3) is 12.2 Å². The van der Waals surface area contributed by atoms with Crippen molar-refractivity contribution in [1.29, 1.82) is 0 Å². The van der Waals surface area contributed by atoms with Gasteiger partial charge in [0.1, 0.15) is 5.75 Å². The lowest BCUT2D eigenvalue weighted by atomic mass is 10.1. The van der Waals surface area contributed by atoms with Gasteiger partial charge in [0, 0.05) is 5.56 Å². The molecule has 0 bridgehead atoms. The number of carbonyl (C=O) groups excluding carboxylic acids is 1. The van der Waals surface area contributed by atoms with Gasteiger partial charge in [-0.25, -0.2) is 0 Å². The predicted octanol–water partition coefficient (Wildman–Crippen LogP) is 5.47. The highest BCUT2D eigenvalue weighted by Crippen LogP contribution is 2.20. The Labute approximate surface area is 131 Å². The highest BCUT2D eigenvalue weighted by Gasteiger charge is 2.07. The van der Waals surface area contributed by atoms with Crippen molar-refractivity contribution in [3.63, 3.8) is 0 Å². The average Bonchev–Trinajstić information content (AvgIpc) is 2.54. The quantitative estimate of drug-likeness (QED) is 0.415. The summed E-state index contributed by atoms with van der Waals surface area (Å²) in [6.45, 7) is 1.50. The first-order valence-corrected chi connectivity index (χ1v) is 6.73. The number of rotatable bonds is 5. The zero-order valence-corrected chi connectivity index (χ0v) is 12.2. The number of carbonyl (C=O) groups is 1. The summed E-state index contributed by atoms with van der Waals surface area (Å²) in [5, 5.41) is 0. The van der Waals surface area contributed by atoms with Gasteiger partial charge in [-0.15, -0.1) is 0 Å². The normalized spacial score (nSPS) is 10.6. The fourth-order valence-corrected chi connectivity index (χ4v) is 1.81. The molecule has 0 radical (unpaired) electrons. The number of ketones is 1. The second kappa shape index (κ2) is 7.45. The minimum Gasteiger partial charge on any atom is -0.428 e. The molecule has 0 unspecified atom stereocenters. The van der Waals surface area contributed by atoms with E-state index in [4.69, 9.17) is 0 Å². The zero-order chi connectivity index (χ0) is 16.8. The molecule has 0 atom stereocenters. The van der Waals surface area contributed by atoms with Gasteiger partial charge in [-0.2, -0.15) is 13.2 Å². The summed E-state index contributed by atoms with van der Waals surface area (Å²) < 4.78 is 40.8. The Morgan fingerprint density at radius 1 is 0.870 bits per heavy atom. The fraction of sp³-hybridized carbons (Fsp3) is 0.0556. The molecule has 2 aromatic rings. The van der Waals surface area contributed by atoms with Gasteiger partial charge in [0.15, 0.2) is 5.78 Å². The molecule has 2 rings (SSSR count). The van der Waals surface area contributed by atoms with E-state index in [0.717, 1.165) is 11.1 Å². The molecule has 0 aliphatic heterocycles. The minimum absolute atomic E-state index is 0.00196. The molecule has 0 aliphatic carbocycles. The Kier molecular flexibility index (Phi) is 5.36. The number of Topliss-reactive ketones (excluding diaryl/α,β-unsaturated/α-hetero) is 1. The standard InChI is InChI=1S/C18H13F3O2/c1-12(22)15-8-4-13(5-9-15)2-3-14-6-10-16(11-7-14)23-18(21)17(19)20/h2-11H,1H3. The van der Waals surface area contributed by atoms with E-state index >= 15 is 0 Å². The highest BCUT2D eigenvalue weighted by molar-refractivity contribution is 5.94. The molecule has 2 nitrogen and oxygen atoms in total. The Hall–Kier alpha value is -2.82. The summed E-state index contributed by atoms with van der Waals surface area (Å²) in [6.07, 6.45) is 1.14. The lowest BCUT2D eigenvalue weighted by Gasteiger charge is -2.02. The van der Waals surface area contributed by atoms with E-state index in [0.29, 0.717) is 5.56 Å². The molecule has 0 aliphatic rings. The smallest absolute Gasteiger partial charge is 0.344 e. The van der Waals surface area contributed by atoms with Gasteiger partial charge < -0.3 is 4.74 Å². The molecular formula is C18H13F3O2. The maximum Gasteiger partial charge on any atom is 0.344 e. The van der Waals surface area contributed by atoms with Gasteiger partial charge in [-0.1, -0.05) is 48.6 Å². The Bertz CT molecular complexity index is 741. The second-order valence-electron chi connectivity index (χ2n) is 4.72. The van der Waals surface area contributed by atoms with Crippen LogP contribution in [0.5, 0.6) is 5.75 Å². The van der Waals surface area contributed by atoms with E-state index in [9.17, 15) is 18.0 Å². The van der Waals surface area contributed by atoms with E-state index in [1.54, 1.807) is 30.3 Å². The first-order valence-electron chi connectivity index (χ1n) is 6.73. The van der Waals surface area contributed by atoms with E-state index < -0.39 is 12.1 Å². The topological polar surface area (TPSA) is 26.3 Å². The molecule has 0 aromatic heterocycles. The van der Waals surface area contributed by atoms with E-state index in [1.165, 1.54) is 19.1 Å². The van der Waals surface area contributed by atoms with Gasteiger partial charge in [0.25, 0.3) is 0 Å². The van der Waals surface area contributed by atoms with Crippen LogP contribution in [0, 0.1) is 0 Å². The number of hydrogen-bond donors (Lipinski definition) is 0. The van der Waals surface area contributed by atoms with Crippen LogP contribution in [0.3, 0.4) is 0 Å². The maximum absolute atomic E-state index is 12.6. The molecule has 0 saturated heterocycles. The summed E-state index contributed by atoms with van der Waals surface area (Å²) in [5.74, 6) is -0.0135. The van der Waals surface area contributed by atoms with Crippen molar-refractivity contribution < 1.29 is 22.7 Å². The minimum atomic E-state index is -2.50. The third kappa shape index (κ3) is 4.85. The zero-order valence-electron chi connectivity index (χ0n) is 12.2. The highest BCUT2D eigenvalue weighted by atomic mass is 19.3. The van der Waals surface area contributed by atoms with E-state index in [2.05, 4.69) is 4.74 Å². The van der Waals surface area contributed by atoms with Gasteiger partial charge in [0.05, 0.1) is 0 Å². The SMILES string of the molecule is CC(=O)c1ccc(C=Cc2ccc(OC(F)=C(F)F)cc2)cc1. The Morgan fingerprint density at radius 2 is 1.35 bits per heavy atom. The maximum atomic E-state index is 12.6. The molecule has 0 fully saturated rings. The molecule has 2 aromatic carbocycles. The Morgan fingerprint density at radius 3 is 1.78 bits per heavy atom. The molecule has 0 N–H and O–H groups in total. The van der Waals surface area contributed by atoms with Crippen LogP contribution in [0.15, 0.2) is 60.6 Å². The van der Waals surface area contributed by atoms with Crippen molar-refractivity contribution in [3.8, 4) is 5.75 Å². The first-order chi connectivity index (χ1) is 11.0. The van der Waals surface area contributed by atoms with Crippen LogP contribution < -0.4 is 4.74 Å². The van der Waals surface area contributed by atoms with E-state index in [1.807, 2.05) is 18.2 Å². The van der Waals surface area contributed by atoms with Gasteiger partial charge in [0.2, 0.25) is 0 Å². The van der Waals surface area contributed by atoms with Crippen molar-refractivity contribution in [3.05, 3.63) is 77.3 Å². The largest absolute Gasteiger partial charge is 0.428 e. The molecule has 23 heavy (non-hydrogen) atoms. The van der Waals surface area contributed by atoms with Crippen molar-refractivity contribution >= 4 is 17.9 Å². The number of ether oxygens (including phenoxy) is 1. The number of hydrogen-bond acceptors (Lipinski definition) is 2. The molecule has 0 heterocycles. The molecule has 0 amide bonds. The molecule has 5 heteroatoms. The summed E-state index contributed by atoms with van der Waals surface area (Å²) in [4.78, 5) is 11.2. The Balaban J connectivity index is 2.05.